The van der Waals surface area contributed by atoms with E-state index in [-0.39, 0.29) is 34.9 Å². The van der Waals surface area contributed by atoms with Gasteiger partial charge in [-0.15, -0.1) is 0 Å². The van der Waals surface area contributed by atoms with Crippen molar-refractivity contribution < 1.29 is 13.2 Å². The lowest BCUT2D eigenvalue weighted by Crippen LogP contribution is -2.51. The summed E-state index contributed by atoms with van der Waals surface area (Å²) < 4.78 is 23.0. The Labute approximate surface area is 116 Å². The molecule has 19 heavy (non-hydrogen) atoms. The molecule has 0 saturated carbocycles. The standard InChI is InChI=1S/C13H26N2O3S/c1-10-9-19(17,18)6-5-15(10)12(16)7-11(14)8-13(2,3)4/h10-11H,5-9,14H2,1-4H3. The van der Waals surface area contributed by atoms with Crippen LogP contribution in [-0.2, 0) is 14.6 Å². The van der Waals surface area contributed by atoms with Gasteiger partial charge >= 0.3 is 0 Å². The van der Waals surface area contributed by atoms with Gasteiger partial charge in [0.25, 0.3) is 0 Å². The van der Waals surface area contributed by atoms with E-state index in [1.165, 1.54) is 0 Å². The highest BCUT2D eigenvalue weighted by molar-refractivity contribution is 7.91. The van der Waals surface area contributed by atoms with Crippen molar-refractivity contribution in [3.05, 3.63) is 0 Å². The van der Waals surface area contributed by atoms with Gasteiger partial charge in [0.2, 0.25) is 5.91 Å². The SMILES string of the molecule is CC1CS(=O)(=O)CCN1C(=O)CC(N)CC(C)(C)C. The van der Waals surface area contributed by atoms with Crippen LogP contribution >= 0.6 is 0 Å². The van der Waals surface area contributed by atoms with Crippen LogP contribution in [0.4, 0.5) is 0 Å². The second kappa shape index (κ2) is 5.79. The van der Waals surface area contributed by atoms with Crippen LogP contribution in [0.2, 0.25) is 0 Å². The minimum absolute atomic E-state index is 0.0286. The molecule has 1 fully saturated rings. The summed E-state index contributed by atoms with van der Waals surface area (Å²) in [6, 6.07) is -0.411. The largest absolute Gasteiger partial charge is 0.338 e. The third-order valence-corrected chi connectivity index (χ3v) is 5.10. The smallest absolute Gasteiger partial charge is 0.224 e. The topological polar surface area (TPSA) is 80.5 Å². The molecule has 1 aliphatic heterocycles. The average molecular weight is 290 g/mol. The van der Waals surface area contributed by atoms with E-state index >= 15 is 0 Å². The molecule has 1 saturated heterocycles. The quantitative estimate of drug-likeness (QED) is 0.833. The van der Waals surface area contributed by atoms with E-state index in [0.29, 0.717) is 13.0 Å². The number of amides is 1. The summed E-state index contributed by atoms with van der Waals surface area (Å²) in [5, 5.41) is 0. The van der Waals surface area contributed by atoms with E-state index in [0.717, 1.165) is 6.42 Å². The summed E-state index contributed by atoms with van der Waals surface area (Å²) >= 11 is 0. The molecule has 0 aromatic rings. The Morgan fingerprint density at radius 2 is 2.00 bits per heavy atom. The molecule has 5 nitrogen and oxygen atoms in total. The molecule has 0 spiro atoms. The highest BCUT2D eigenvalue weighted by Crippen LogP contribution is 2.22. The molecule has 1 aliphatic rings. The molecule has 0 bridgehead atoms. The van der Waals surface area contributed by atoms with Crippen molar-refractivity contribution in [3.8, 4) is 0 Å². The molecule has 2 N–H and O–H groups in total. The highest BCUT2D eigenvalue weighted by Gasteiger charge is 2.32. The minimum atomic E-state index is -2.98. The number of carbonyl (C=O) groups is 1. The van der Waals surface area contributed by atoms with Crippen LogP contribution in [0.3, 0.4) is 0 Å². The fourth-order valence-corrected chi connectivity index (χ4v) is 4.13. The third kappa shape index (κ3) is 5.48. The van der Waals surface area contributed by atoms with Crippen molar-refractivity contribution >= 4 is 15.7 Å². The lowest BCUT2D eigenvalue weighted by Gasteiger charge is -2.34. The second-order valence-corrected chi connectivity index (χ2v) is 9.01. The average Bonchev–Trinajstić information content (AvgIpc) is 2.11. The number of nitrogens with zero attached hydrogens (tertiary/aromatic N) is 1. The fourth-order valence-electron chi connectivity index (χ4n) is 2.57. The summed E-state index contributed by atoms with van der Waals surface area (Å²) in [7, 11) is -2.98. The van der Waals surface area contributed by atoms with Gasteiger partial charge in [-0.1, -0.05) is 20.8 Å². The third-order valence-electron chi connectivity index (χ3n) is 3.30. The molecule has 1 amide bonds. The van der Waals surface area contributed by atoms with Crippen molar-refractivity contribution in [2.45, 2.75) is 52.6 Å². The van der Waals surface area contributed by atoms with E-state index in [1.54, 1.807) is 11.8 Å². The normalized spacial score (nSPS) is 25.1. The number of rotatable bonds is 3. The second-order valence-electron chi connectivity index (χ2n) is 6.78. The van der Waals surface area contributed by atoms with Crippen LogP contribution in [0.5, 0.6) is 0 Å². The predicted molar refractivity (Wildman–Crippen MR) is 76.5 cm³/mol. The van der Waals surface area contributed by atoms with Crippen LogP contribution in [0.1, 0.15) is 40.5 Å². The Hall–Kier alpha value is -0.620. The number of sulfone groups is 1. The van der Waals surface area contributed by atoms with Crippen LogP contribution in [-0.4, -0.2) is 49.4 Å². The van der Waals surface area contributed by atoms with Gasteiger partial charge in [0.15, 0.2) is 9.84 Å². The first-order valence-electron chi connectivity index (χ1n) is 6.76. The highest BCUT2D eigenvalue weighted by atomic mass is 32.2. The molecule has 0 aliphatic carbocycles. The van der Waals surface area contributed by atoms with Gasteiger partial charge in [-0.3, -0.25) is 4.79 Å². The number of hydrogen-bond donors (Lipinski definition) is 1. The maximum absolute atomic E-state index is 12.2. The maximum Gasteiger partial charge on any atom is 0.224 e. The lowest BCUT2D eigenvalue weighted by molar-refractivity contribution is -0.133. The van der Waals surface area contributed by atoms with Crippen molar-refractivity contribution in [1.29, 1.82) is 0 Å². The van der Waals surface area contributed by atoms with E-state index in [9.17, 15) is 13.2 Å². The first-order valence-corrected chi connectivity index (χ1v) is 8.58. The zero-order valence-corrected chi connectivity index (χ0v) is 13.2. The lowest BCUT2D eigenvalue weighted by atomic mass is 9.87. The van der Waals surface area contributed by atoms with Gasteiger partial charge < -0.3 is 10.6 Å². The number of nitrogens with two attached hydrogens (primary N) is 1. The Morgan fingerprint density at radius 3 is 2.47 bits per heavy atom. The van der Waals surface area contributed by atoms with Gasteiger partial charge in [-0.25, -0.2) is 8.42 Å². The van der Waals surface area contributed by atoms with E-state index in [1.807, 2.05) is 0 Å². The predicted octanol–water partition coefficient (Wildman–Crippen LogP) is 0.786. The molecule has 112 valence electrons. The zero-order chi connectivity index (χ0) is 14.8. The van der Waals surface area contributed by atoms with Crippen LogP contribution in [0, 0.1) is 5.41 Å². The molecule has 2 unspecified atom stereocenters. The van der Waals surface area contributed by atoms with Crippen molar-refractivity contribution in [1.82, 2.24) is 4.90 Å². The maximum atomic E-state index is 12.2. The van der Waals surface area contributed by atoms with Gasteiger partial charge in [0, 0.05) is 25.0 Å². The van der Waals surface area contributed by atoms with E-state index < -0.39 is 9.84 Å². The molecule has 0 radical (unpaired) electrons. The zero-order valence-electron chi connectivity index (χ0n) is 12.3. The fraction of sp³-hybridized carbons (Fsp3) is 0.923. The molecular weight excluding hydrogens is 264 g/mol. The monoisotopic (exact) mass is 290 g/mol. The van der Waals surface area contributed by atoms with Gasteiger partial charge in [0.05, 0.1) is 11.5 Å². The minimum Gasteiger partial charge on any atom is -0.338 e. The van der Waals surface area contributed by atoms with Crippen LogP contribution < -0.4 is 5.73 Å². The first-order chi connectivity index (χ1) is 8.50. The summed E-state index contributed by atoms with van der Waals surface area (Å²) in [5.41, 5.74) is 6.09. The van der Waals surface area contributed by atoms with Crippen molar-refractivity contribution in [2.75, 3.05) is 18.1 Å². The van der Waals surface area contributed by atoms with Gasteiger partial charge in [0.1, 0.15) is 0 Å². The molecule has 0 aromatic heterocycles. The van der Waals surface area contributed by atoms with Gasteiger partial charge in [-0.2, -0.15) is 0 Å². The van der Waals surface area contributed by atoms with Crippen LogP contribution in [0.15, 0.2) is 0 Å². The number of hydrogen-bond acceptors (Lipinski definition) is 4. The Kier molecular flexibility index (Phi) is 5.01. The summed E-state index contributed by atoms with van der Waals surface area (Å²) in [6.45, 7) is 8.35. The van der Waals surface area contributed by atoms with Crippen LogP contribution in [0.25, 0.3) is 0 Å². The Balaban J connectivity index is 2.55. The summed E-state index contributed by atoms with van der Waals surface area (Å²) in [4.78, 5) is 13.8. The molecule has 1 rings (SSSR count). The molecule has 6 heteroatoms. The van der Waals surface area contributed by atoms with E-state index in [4.69, 9.17) is 5.73 Å². The molecule has 1 heterocycles. The summed E-state index contributed by atoms with van der Waals surface area (Å²) in [6.07, 6.45) is 1.07. The van der Waals surface area contributed by atoms with Crippen molar-refractivity contribution in [2.24, 2.45) is 11.1 Å². The van der Waals surface area contributed by atoms with Crippen molar-refractivity contribution in [3.63, 3.8) is 0 Å². The first kappa shape index (κ1) is 16.4. The summed E-state index contributed by atoms with van der Waals surface area (Å²) in [5.74, 6) is 0.101. The number of carbonyl (C=O) groups excluding carboxylic acids is 1. The van der Waals surface area contributed by atoms with Gasteiger partial charge in [-0.05, 0) is 18.8 Å². The Bertz CT molecular complexity index is 426. The van der Waals surface area contributed by atoms with E-state index in [2.05, 4.69) is 20.8 Å². The molecular formula is C13H26N2O3S. The molecule has 2 atom stereocenters. The Morgan fingerprint density at radius 1 is 1.42 bits per heavy atom. The molecule has 0 aromatic carbocycles.